The van der Waals surface area contributed by atoms with Crippen LogP contribution in [0.3, 0.4) is 0 Å². The topological polar surface area (TPSA) is 162 Å². The molecule has 2 atom stereocenters. The number of hydrogen-bond acceptors (Lipinski definition) is 11. The molecule has 0 spiro atoms. The predicted molar refractivity (Wildman–Crippen MR) is 277 cm³/mol. The monoisotopic (exact) mass is 992 g/mol. The van der Waals surface area contributed by atoms with Crippen LogP contribution in [-0.2, 0) is 9.59 Å². The first-order chi connectivity index (χ1) is 33.6. The van der Waals surface area contributed by atoms with Crippen LogP contribution >= 0.6 is 23.2 Å². The fourth-order valence-electron chi connectivity index (χ4n) is 8.06. The SMILES string of the molecule is C.COc1ccccc1OCCN1CCC(C(=O)NC(c2ccc(Cl)cc2)c2ccccn2)CC1.COc1ccccc1OCCN1CCC(C(=O)O)CC1.NC(c1ccc(Cl)cc1)c1ccccn1. The number of carboxylic acids is 1. The highest BCUT2D eigenvalue weighted by Crippen LogP contribution is 2.28. The van der Waals surface area contributed by atoms with Gasteiger partial charge < -0.3 is 35.1 Å². The van der Waals surface area contributed by atoms with E-state index in [1.807, 2.05) is 133 Å². The van der Waals surface area contributed by atoms with Crippen LogP contribution in [0, 0.1) is 11.8 Å². The fraction of sp³-hybridized carbons (Fsp3) is 0.345. The lowest BCUT2D eigenvalue weighted by Gasteiger charge is -2.32. The highest BCUT2D eigenvalue weighted by atomic mass is 35.5. The number of ether oxygens (including phenoxy) is 4. The summed E-state index contributed by atoms with van der Waals surface area (Å²) >= 11 is 11.9. The Bertz CT molecular complexity index is 2440. The molecule has 0 radical (unpaired) electrons. The van der Waals surface area contributed by atoms with E-state index in [4.69, 9.17) is 53.0 Å². The van der Waals surface area contributed by atoms with E-state index in [9.17, 15) is 9.59 Å². The van der Waals surface area contributed by atoms with Gasteiger partial charge in [-0.25, -0.2) is 0 Å². The Morgan fingerprint density at radius 2 is 1.03 bits per heavy atom. The number of benzene rings is 4. The number of piperidine rings is 2. The van der Waals surface area contributed by atoms with Crippen molar-refractivity contribution >= 4 is 35.1 Å². The molecule has 0 aliphatic carbocycles. The van der Waals surface area contributed by atoms with Gasteiger partial charge in [0.05, 0.1) is 43.6 Å². The number of halogens is 2. The molecule has 2 saturated heterocycles. The minimum absolute atomic E-state index is 0. The van der Waals surface area contributed by atoms with Gasteiger partial charge in [-0.05, 0) is 136 Å². The number of nitrogens with zero attached hydrogens (tertiary/aromatic N) is 4. The first kappa shape index (κ1) is 54.7. The molecule has 2 fully saturated rings. The van der Waals surface area contributed by atoms with Crippen molar-refractivity contribution < 1.29 is 33.6 Å². The second-order valence-electron chi connectivity index (χ2n) is 16.6. The van der Waals surface area contributed by atoms with E-state index in [1.165, 1.54) is 0 Å². The van der Waals surface area contributed by atoms with Gasteiger partial charge in [-0.2, -0.15) is 0 Å². The third-order valence-electron chi connectivity index (χ3n) is 12.1. The van der Waals surface area contributed by atoms with Crippen molar-refractivity contribution in [3.05, 3.63) is 178 Å². The van der Waals surface area contributed by atoms with E-state index in [0.29, 0.717) is 23.3 Å². The molecule has 4 aromatic carbocycles. The van der Waals surface area contributed by atoms with Crippen molar-refractivity contribution in [2.45, 2.75) is 45.2 Å². The molecule has 2 aromatic heterocycles. The minimum Gasteiger partial charge on any atom is -0.493 e. The van der Waals surface area contributed by atoms with Crippen molar-refractivity contribution in [3.63, 3.8) is 0 Å². The number of likely N-dealkylation sites (tertiary alicyclic amines) is 2. The third-order valence-corrected chi connectivity index (χ3v) is 12.6. The van der Waals surface area contributed by atoms with E-state index in [0.717, 1.165) is 110 Å². The Morgan fingerprint density at radius 3 is 1.46 bits per heavy atom. The average Bonchev–Trinajstić information content (AvgIpc) is 3.39. The number of carbonyl (C=O) groups excluding carboxylic acids is 1. The van der Waals surface area contributed by atoms with Crippen LogP contribution in [0.25, 0.3) is 0 Å². The summed E-state index contributed by atoms with van der Waals surface area (Å²) in [5.41, 5.74) is 9.70. The number of para-hydroxylation sites is 4. The number of nitrogens with two attached hydrogens (primary N) is 1. The summed E-state index contributed by atoms with van der Waals surface area (Å²) in [5, 5.41) is 13.6. The molecule has 1 amide bonds. The fourth-order valence-corrected chi connectivity index (χ4v) is 8.31. The van der Waals surface area contributed by atoms with Crippen molar-refractivity contribution in [1.82, 2.24) is 25.1 Å². The summed E-state index contributed by atoms with van der Waals surface area (Å²) in [7, 11) is 3.27. The number of nitrogens with one attached hydrogen (secondary N) is 1. The highest BCUT2D eigenvalue weighted by molar-refractivity contribution is 6.30. The standard InChI is InChI=1S/C27H30ClN3O3.C15H21NO4.C12H11ClN2.CH4/c1-33-24-7-2-3-8-25(24)34-19-18-31-16-13-21(14-17-31)27(32)30-26(23-6-4-5-15-29-23)20-9-11-22(28)12-10-20;1-19-13-4-2-3-5-14(13)20-11-10-16-8-6-12(7-9-16)15(17)18;13-10-6-4-9(5-7-10)12(14)11-3-1-2-8-15-11;/h2-12,15,21,26H,13-14,16-19H2,1H3,(H,30,32);2-5,12H,6-11H2,1H3,(H,17,18);1-8,12H,14H2;1H4. The zero-order chi connectivity index (χ0) is 48.8. The number of hydrogen-bond donors (Lipinski definition) is 3. The Balaban J connectivity index is 0.000000214. The minimum atomic E-state index is -0.671. The second kappa shape index (κ2) is 29.1. The molecule has 2 aliphatic rings. The molecule has 0 bridgehead atoms. The Hall–Kier alpha value is -6.22. The van der Waals surface area contributed by atoms with Gasteiger partial charge in [-0.15, -0.1) is 0 Å². The Morgan fingerprint density at radius 1 is 0.614 bits per heavy atom. The van der Waals surface area contributed by atoms with E-state index < -0.39 is 5.97 Å². The molecule has 13 nitrogen and oxygen atoms in total. The van der Waals surface area contributed by atoms with Crippen LogP contribution in [0.1, 0.15) is 67.7 Å². The molecule has 372 valence electrons. The lowest BCUT2D eigenvalue weighted by molar-refractivity contribution is -0.143. The van der Waals surface area contributed by atoms with Gasteiger partial charge in [0.15, 0.2) is 23.0 Å². The summed E-state index contributed by atoms with van der Waals surface area (Å²) in [6, 6.07) is 41.2. The Labute approximate surface area is 422 Å². The lowest BCUT2D eigenvalue weighted by atomic mass is 9.94. The second-order valence-corrected chi connectivity index (χ2v) is 17.5. The van der Waals surface area contributed by atoms with Gasteiger partial charge >= 0.3 is 5.97 Å². The van der Waals surface area contributed by atoms with E-state index in [-0.39, 0.29) is 37.3 Å². The van der Waals surface area contributed by atoms with Gasteiger partial charge in [0.2, 0.25) is 5.91 Å². The first-order valence-electron chi connectivity index (χ1n) is 23.2. The zero-order valence-electron chi connectivity index (χ0n) is 39.2. The summed E-state index contributed by atoms with van der Waals surface area (Å²) in [4.78, 5) is 37.3. The van der Waals surface area contributed by atoms with Crippen LogP contribution in [0.5, 0.6) is 23.0 Å². The third kappa shape index (κ3) is 17.0. The maximum absolute atomic E-state index is 13.2. The number of amides is 1. The summed E-state index contributed by atoms with van der Waals surface area (Å²) in [5.74, 6) is 2.16. The zero-order valence-corrected chi connectivity index (χ0v) is 40.7. The first-order valence-corrected chi connectivity index (χ1v) is 23.9. The van der Waals surface area contributed by atoms with E-state index >= 15 is 0 Å². The van der Waals surface area contributed by atoms with Crippen LogP contribution in [0.15, 0.2) is 146 Å². The highest BCUT2D eigenvalue weighted by Gasteiger charge is 2.28. The predicted octanol–water partition coefficient (Wildman–Crippen LogP) is 10.0. The number of aliphatic carboxylic acids is 1. The molecule has 0 saturated carbocycles. The smallest absolute Gasteiger partial charge is 0.306 e. The molecule has 4 heterocycles. The molecule has 6 aromatic rings. The molecule has 4 N–H and O–H groups in total. The average molecular weight is 994 g/mol. The number of pyridine rings is 2. The van der Waals surface area contributed by atoms with Crippen molar-refractivity contribution in [1.29, 1.82) is 0 Å². The summed E-state index contributed by atoms with van der Waals surface area (Å²) < 4.78 is 22.2. The largest absolute Gasteiger partial charge is 0.493 e. The summed E-state index contributed by atoms with van der Waals surface area (Å²) in [6.07, 6.45) is 6.57. The molecular weight excluding hydrogens is 928 g/mol. The lowest BCUT2D eigenvalue weighted by Crippen LogP contribution is -2.42. The number of aromatic nitrogens is 2. The van der Waals surface area contributed by atoms with Crippen LogP contribution in [0.4, 0.5) is 0 Å². The number of carbonyl (C=O) groups is 2. The van der Waals surface area contributed by atoms with E-state index in [2.05, 4.69) is 25.1 Å². The molecule has 8 rings (SSSR count). The van der Waals surface area contributed by atoms with Crippen LogP contribution in [0.2, 0.25) is 10.0 Å². The number of rotatable bonds is 17. The van der Waals surface area contributed by atoms with E-state index in [1.54, 1.807) is 26.6 Å². The van der Waals surface area contributed by atoms with Crippen molar-refractivity contribution in [3.8, 4) is 23.0 Å². The number of carboxylic acid groups (broad SMARTS) is 1. The van der Waals surface area contributed by atoms with Crippen molar-refractivity contribution in [2.75, 3.05) is 66.7 Å². The molecular formula is C55H66Cl2N6O7. The molecule has 15 heteroatoms. The Kier molecular flexibility index (Phi) is 22.7. The van der Waals surface area contributed by atoms with Gasteiger partial charge in [-0.3, -0.25) is 29.4 Å². The van der Waals surface area contributed by atoms with Gasteiger partial charge in [0, 0.05) is 41.4 Å². The van der Waals surface area contributed by atoms with Gasteiger partial charge in [0.1, 0.15) is 13.2 Å². The number of methoxy groups -OCH3 is 2. The molecule has 2 aliphatic heterocycles. The normalized spacial score (nSPS) is 15.0. The maximum Gasteiger partial charge on any atom is 0.306 e. The van der Waals surface area contributed by atoms with Gasteiger partial charge in [0.25, 0.3) is 0 Å². The molecule has 70 heavy (non-hydrogen) atoms. The van der Waals surface area contributed by atoms with Gasteiger partial charge in [-0.1, -0.05) is 91.3 Å². The quantitative estimate of drug-likeness (QED) is 0.0795. The van der Waals surface area contributed by atoms with Crippen molar-refractivity contribution in [2.24, 2.45) is 17.6 Å². The summed E-state index contributed by atoms with van der Waals surface area (Å²) in [6.45, 7) is 6.16. The van der Waals surface area contributed by atoms with Crippen LogP contribution in [-0.4, -0.2) is 103 Å². The maximum atomic E-state index is 13.2. The molecule has 2 unspecified atom stereocenters. The van der Waals surface area contributed by atoms with Crippen LogP contribution < -0.4 is 30.0 Å².